The van der Waals surface area contributed by atoms with Crippen LogP contribution < -0.4 is 0 Å². The van der Waals surface area contributed by atoms with Gasteiger partial charge in [0.2, 0.25) is 0 Å². The molecule has 3 heterocycles. The van der Waals surface area contributed by atoms with Crippen molar-refractivity contribution in [3.8, 4) is 0 Å². The number of ether oxygens (including phenoxy) is 1. The molecule has 1 atom stereocenters. The fourth-order valence-corrected chi connectivity index (χ4v) is 3.85. The van der Waals surface area contributed by atoms with E-state index in [2.05, 4.69) is 11.8 Å². The van der Waals surface area contributed by atoms with E-state index in [9.17, 15) is 4.79 Å². The fraction of sp³-hybridized carbons (Fsp3) is 0.526. The highest BCUT2D eigenvalue weighted by molar-refractivity contribution is 5.96. The van der Waals surface area contributed by atoms with Gasteiger partial charge in [-0.05, 0) is 31.9 Å². The van der Waals surface area contributed by atoms with E-state index in [1.54, 1.807) is 0 Å². The number of furan rings is 1. The third-order valence-corrected chi connectivity index (χ3v) is 5.18. The molecule has 5 nitrogen and oxygen atoms in total. The van der Waals surface area contributed by atoms with Gasteiger partial charge in [0, 0.05) is 37.6 Å². The summed E-state index contributed by atoms with van der Waals surface area (Å²) in [6.07, 6.45) is 2.37. The highest BCUT2D eigenvalue weighted by Crippen LogP contribution is 2.23. The van der Waals surface area contributed by atoms with Gasteiger partial charge in [0.15, 0.2) is 5.76 Å². The van der Waals surface area contributed by atoms with E-state index in [0.29, 0.717) is 17.9 Å². The zero-order valence-corrected chi connectivity index (χ0v) is 14.1. The number of hydrogen-bond acceptors (Lipinski definition) is 4. The Balaban J connectivity index is 1.39. The molecule has 0 radical (unpaired) electrons. The van der Waals surface area contributed by atoms with Crippen LogP contribution in [0.25, 0.3) is 11.0 Å². The average Bonchev–Trinajstić information content (AvgIpc) is 3.05. The zero-order chi connectivity index (χ0) is 16.5. The number of carbonyl (C=O) groups excluding carboxylic acids is 1. The van der Waals surface area contributed by atoms with Crippen molar-refractivity contribution >= 4 is 16.9 Å². The number of hydrogen-bond donors (Lipinski definition) is 0. The number of carbonyl (C=O) groups is 1. The van der Waals surface area contributed by atoms with Crippen LogP contribution in [-0.2, 0) is 4.74 Å². The van der Waals surface area contributed by atoms with Gasteiger partial charge >= 0.3 is 0 Å². The van der Waals surface area contributed by atoms with E-state index >= 15 is 0 Å². The van der Waals surface area contributed by atoms with Crippen molar-refractivity contribution in [3.63, 3.8) is 0 Å². The third-order valence-electron chi connectivity index (χ3n) is 5.18. The van der Waals surface area contributed by atoms with E-state index in [1.165, 1.54) is 0 Å². The zero-order valence-electron chi connectivity index (χ0n) is 14.1. The van der Waals surface area contributed by atoms with Crippen LogP contribution in [0.2, 0.25) is 0 Å². The van der Waals surface area contributed by atoms with Crippen LogP contribution in [0.4, 0.5) is 0 Å². The minimum absolute atomic E-state index is 0.0139. The van der Waals surface area contributed by atoms with Crippen LogP contribution >= 0.6 is 0 Å². The van der Waals surface area contributed by atoms with E-state index in [1.807, 2.05) is 35.2 Å². The van der Waals surface area contributed by atoms with Crippen molar-refractivity contribution in [1.29, 1.82) is 0 Å². The van der Waals surface area contributed by atoms with Crippen LogP contribution in [0, 0.1) is 0 Å². The number of benzene rings is 1. The van der Waals surface area contributed by atoms with Crippen molar-refractivity contribution in [2.24, 2.45) is 0 Å². The van der Waals surface area contributed by atoms with Crippen LogP contribution in [0.5, 0.6) is 0 Å². The first-order chi connectivity index (χ1) is 11.7. The quantitative estimate of drug-likeness (QED) is 0.850. The smallest absolute Gasteiger partial charge is 0.289 e. The first-order valence-corrected chi connectivity index (χ1v) is 8.84. The summed E-state index contributed by atoms with van der Waals surface area (Å²) in [6.45, 7) is 6.55. The van der Waals surface area contributed by atoms with Crippen LogP contribution in [-0.4, -0.2) is 60.6 Å². The third kappa shape index (κ3) is 3.06. The summed E-state index contributed by atoms with van der Waals surface area (Å²) in [5.41, 5.74) is 0.776. The van der Waals surface area contributed by atoms with E-state index < -0.39 is 0 Å². The maximum atomic E-state index is 12.7. The van der Waals surface area contributed by atoms with Gasteiger partial charge in [-0.25, -0.2) is 0 Å². The molecule has 128 valence electrons. The Morgan fingerprint density at radius 1 is 1.17 bits per heavy atom. The number of piperidine rings is 1. The molecular formula is C19H24N2O3. The van der Waals surface area contributed by atoms with Gasteiger partial charge in [-0.15, -0.1) is 0 Å². The van der Waals surface area contributed by atoms with Crippen molar-refractivity contribution in [3.05, 3.63) is 36.1 Å². The van der Waals surface area contributed by atoms with Crippen molar-refractivity contribution in [2.75, 3.05) is 32.8 Å². The van der Waals surface area contributed by atoms with E-state index in [4.69, 9.17) is 9.15 Å². The Hall–Kier alpha value is -1.85. The topological polar surface area (TPSA) is 45.9 Å². The lowest BCUT2D eigenvalue weighted by atomic mass is 10.0. The molecule has 2 aliphatic heterocycles. The predicted molar refractivity (Wildman–Crippen MR) is 92.1 cm³/mol. The number of nitrogens with zero attached hydrogens (tertiary/aromatic N) is 2. The lowest BCUT2D eigenvalue weighted by Gasteiger charge is -2.41. The van der Waals surface area contributed by atoms with Gasteiger partial charge in [-0.2, -0.15) is 0 Å². The van der Waals surface area contributed by atoms with Gasteiger partial charge in [0.25, 0.3) is 5.91 Å². The maximum Gasteiger partial charge on any atom is 0.289 e. The van der Waals surface area contributed by atoms with Gasteiger partial charge in [0.1, 0.15) is 5.58 Å². The molecule has 0 saturated carbocycles. The molecule has 0 unspecified atom stereocenters. The number of fused-ring (bicyclic) bond motifs is 1. The van der Waals surface area contributed by atoms with Crippen molar-refractivity contribution < 1.29 is 13.9 Å². The van der Waals surface area contributed by atoms with Crippen LogP contribution in [0.3, 0.4) is 0 Å². The number of amides is 1. The minimum atomic E-state index is 0.0139. The summed E-state index contributed by atoms with van der Waals surface area (Å²) < 4.78 is 11.3. The number of morpholine rings is 1. The van der Waals surface area contributed by atoms with Crippen LogP contribution in [0.15, 0.2) is 34.7 Å². The minimum Gasteiger partial charge on any atom is -0.451 e. The molecule has 24 heavy (non-hydrogen) atoms. The summed E-state index contributed by atoms with van der Waals surface area (Å²) in [5.74, 6) is 0.467. The van der Waals surface area contributed by atoms with Crippen molar-refractivity contribution in [1.82, 2.24) is 9.80 Å². The molecule has 2 saturated heterocycles. The Morgan fingerprint density at radius 3 is 2.71 bits per heavy atom. The summed E-state index contributed by atoms with van der Waals surface area (Å²) in [7, 11) is 0. The monoisotopic (exact) mass is 328 g/mol. The van der Waals surface area contributed by atoms with Gasteiger partial charge in [-0.1, -0.05) is 18.2 Å². The summed E-state index contributed by atoms with van der Waals surface area (Å²) in [5, 5.41) is 0.984. The highest BCUT2D eigenvalue weighted by Gasteiger charge is 2.30. The molecule has 0 spiro atoms. The maximum absolute atomic E-state index is 12.7. The molecule has 1 aromatic carbocycles. The predicted octanol–water partition coefficient (Wildman–Crippen LogP) is 2.76. The summed E-state index contributed by atoms with van der Waals surface area (Å²) >= 11 is 0. The number of likely N-dealkylation sites (tertiary alicyclic amines) is 1. The number of rotatable bonds is 2. The summed E-state index contributed by atoms with van der Waals surface area (Å²) in [4.78, 5) is 17.2. The lowest BCUT2D eigenvalue weighted by molar-refractivity contribution is -0.0424. The standard InChI is InChI=1S/C19H24N2O3/c1-14-13-21(10-11-23-14)16-6-8-20(9-7-16)19(22)18-12-15-4-2-3-5-17(15)24-18/h2-5,12,14,16H,6-11,13H2,1H3/t14-/m1/s1. The lowest BCUT2D eigenvalue weighted by Crippen LogP contribution is -2.51. The Morgan fingerprint density at radius 2 is 1.96 bits per heavy atom. The average molecular weight is 328 g/mol. The van der Waals surface area contributed by atoms with Crippen molar-refractivity contribution in [2.45, 2.75) is 31.9 Å². The SMILES string of the molecule is C[C@@H]1CN(C2CCN(C(=O)c3cc4ccccc4o3)CC2)CCO1. The molecule has 2 aliphatic rings. The van der Waals surface area contributed by atoms with Crippen LogP contribution in [0.1, 0.15) is 30.3 Å². The fourth-order valence-electron chi connectivity index (χ4n) is 3.85. The molecule has 1 aromatic heterocycles. The molecule has 4 rings (SSSR count). The first kappa shape index (κ1) is 15.7. The second-order valence-electron chi connectivity index (χ2n) is 6.85. The van der Waals surface area contributed by atoms with E-state index in [0.717, 1.165) is 56.6 Å². The molecule has 5 heteroatoms. The first-order valence-electron chi connectivity index (χ1n) is 8.84. The Labute approximate surface area is 142 Å². The van der Waals surface area contributed by atoms with Gasteiger partial charge in [0.05, 0.1) is 12.7 Å². The highest BCUT2D eigenvalue weighted by atomic mass is 16.5. The van der Waals surface area contributed by atoms with Gasteiger partial charge in [-0.3, -0.25) is 9.69 Å². The molecule has 0 aliphatic carbocycles. The number of para-hydroxylation sites is 1. The molecular weight excluding hydrogens is 304 g/mol. The summed E-state index contributed by atoms with van der Waals surface area (Å²) in [6, 6.07) is 10.2. The molecule has 2 aromatic rings. The Bertz CT molecular complexity index is 685. The second kappa shape index (κ2) is 6.57. The van der Waals surface area contributed by atoms with Gasteiger partial charge < -0.3 is 14.1 Å². The molecule has 0 bridgehead atoms. The molecule has 2 fully saturated rings. The largest absolute Gasteiger partial charge is 0.451 e. The Kier molecular flexibility index (Phi) is 4.29. The molecule has 0 N–H and O–H groups in total. The van der Waals surface area contributed by atoms with E-state index in [-0.39, 0.29) is 5.91 Å². The molecule has 1 amide bonds. The second-order valence-corrected chi connectivity index (χ2v) is 6.85. The normalized spacial score (nSPS) is 23.7.